The van der Waals surface area contributed by atoms with Gasteiger partial charge in [0.25, 0.3) is 0 Å². The molecule has 1 N–H and O–H groups in total. The minimum atomic E-state index is -0.0495. The first-order valence-electron chi connectivity index (χ1n) is 9.91. The summed E-state index contributed by atoms with van der Waals surface area (Å²) in [5.41, 5.74) is 1.19. The van der Waals surface area contributed by atoms with E-state index in [0.29, 0.717) is 17.7 Å². The highest BCUT2D eigenvalue weighted by Crippen LogP contribution is 2.12. The zero-order chi connectivity index (χ0) is 22.1. The molecule has 0 aliphatic carbocycles. The Balaban J connectivity index is 1.96. The van der Waals surface area contributed by atoms with Crippen molar-refractivity contribution in [1.82, 2.24) is 24.7 Å². The van der Waals surface area contributed by atoms with Gasteiger partial charge in [-0.3, -0.25) is 4.79 Å². The first kappa shape index (κ1) is 23.5. The summed E-state index contributed by atoms with van der Waals surface area (Å²) in [6, 6.07) is 10.3. The number of nitrogens with zero attached hydrogens (tertiary/aromatic N) is 6. The molecule has 2 aromatic rings. The van der Waals surface area contributed by atoms with E-state index in [1.165, 1.54) is 10.6 Å². The second-order valence-corrected chi connectivity index (χ2v) is 7.76. The summed E-state index contributed by atoms with van der Waals surface area (Å²) in [7, 11) is 9.33. The van der Waals surface area contributed by atoms with Crippen molar-refractivity contribution in [2.75, 3.05) is 52.7 Å². The van der Waals surface area contributed by atoms with Crippen molar-refractivity contribution >= 4 is 29.2 Å². The number of aromatic nitrogens is 2. The number of hydrogen-bond acceptors (Lipinski definition) is 4. The Morgan fingerprint density at radius 3 is 2.50 bits per heavy atom. The van der Waals surface area contributed by atoms with Crippen molar-refractivity contribution in [2.24, 2.45) is 12.0 Å². The van der Waals surface area contributed by atoms with E-state index in [4.69, 9.17) is 11.6 Å². The Kier molecular flexibility index (Phi) is 8.98. The van der Waals surface area contributed by atoms with Gasteiger partial charge in [-0.2, -0.15) is 0 Å². The van der Waals surface area contributed by atoms with Crippen molar-refractivity contribution in [3.05, 3.63) is 47.5 Å². The van der Waals surface area contributed by atoms with E-state index < -0.39 is 0 Å². The Hall–Kier alpha value is -2.74. The van der Waals surface area contributed by atoms with Gasteiger partial charge in [-0.25, -0.2) is 9.98 Å². The fourth-order valence-corrected chi connectivity index (χ4v) is 2.93. The van der Waals surface area contributed by atoms with Crippen LogP contribution in [-0.2, 0) is 18.4 Å². The molecule has 0 saturated carbocycles. The Morgan fingerprint density at radius 2 is 1.90 bits per heavy atom. The number of para-hydroxylation sites is 1. The number of halogens is 1. The third-order valence-electron chi connectivity index (χ3n) is 4.78. The largest absolute Gasteiger partial charge is 0.375 e. The highest BCUT2D eigenvalue weighted by molar-refractivity contribution is 6.29. The summed E-state index contributed by atoms with van der Waals surface area (Å²) in [4.78, 5) is 26.5. The number of guanidine groups is 1. The number of carbonyl (C=O) groups is 1. The average molecular weight is 434 g/mol. The average Bonchev–Trinajstić information content (AvgIpc) is 3.05. The molecule has 1 amide bonds. The number of aliphatic imine (C=N–C) groups is 1. The van der Waals surface area contributed by atoms with E-state index in [0.717, 1.165) is 25.3 Å². The Labute approximate surface area is 184 Å². The molecule has 8 nitrogen and oxygen atoms in total. The molecule has 0 unspecified atom stereocenters. The van der Waals surface area contributed by atoms with Gasteiger partial charge in [0.15, 0.2) is 5.96 Å². The van der Waals surface area contributed by atoms with Crippen LogP contribution in [0.5, 0.6) is 0 Å². The van der Waals surface area contributed by atoms with Crippen LogP contribution in [0.25, 0.3) is 0 Å². The van der Waals surface area contributed by atoms with Gasteiger partial charge in [0.05, 0.1) is 12.7 Å². The quantitative estimate of drug-likeness (QED) is 0.372. The molecule has 0 atom stereocenters. The van der Waals surface area contributed by atoms with Crippen LogP contribution in [0, 0.1) is 0 Å². The van der Waals surface area contributed by atoms with Crippen LogP contribution in [0.3, 0.4) is 0 Å². The summed E-state index contributed by atoms with van der Waals surface area (Å²) < 4.78 is 1.83. The van der Waals surface area contributed by atoms with E-state index in [9.17, 15) is 4.79 Å². The molecular weight excluding hydrogens is 402 g/mol. The fourth-order valence-electron chi connectivity index (χ4n) is 2.78. The van der Waals surface area contributed by atoms with Gasteiger partial charge in [-0.15, -0.1) is 0 Å². The molecule has 0 fully saturated rings. The number of likely N-dealkylation sites (N-methyl/N-ethyl adjacent to an activating group) is 1. The van der Waals surface area contributed by atoms with Crippen LogP contribution in [0.15, 0.2) is 41.5 Å². The van der Waals surface area contributed by atoms with Crippen molar-refractivity contribution in [3.8, 4) is 0 Å². The third kappa shape index (κ3) is 6.95. The zero-order valence-electron chi connectivity index (χ0n) is 18.5. The molecule has 2 rings (SSSR count). The highest BCUT2D eigenvalue weighted by Gasteiger charge is 2.13. The van der Waals surface area contributed by atoms with Crippen molar-refractivity contribution in [2.45, 2.75) is 13.0 Å². The summed E-state index contributed by atoms with van der Waals surface area (Å²) in [6.07, 6.45) is 2.55. The lowest BCUT2D eigenvalue weighted by Gasteiger charge is -2.24. The van der Waals surface area contributed by atoms with E-state index in [2.05, 4.69) is 39.4 Å². The number of imidazole rings is 1. The van der Waals surface area contributed by atoms with Gasteiger partial charge in [0.2, 0.25) is 5.91 Å². The molecular formula is C21H32ClN7O. The van der Waals surface area contributed by atoms with Crippen LogP contribution in [0.1, 0.15) is 12.2 Å². The smallest absolute Gasteiger partial charge is 0.243 e. The summed E-state index contributed by atoms with van der Waals surface area (Å²) in [5.74, 6) is 1.43. The molecule has 0 radical (unpaired) electrons. The number of anilines is 1. The minimum absolute atomic E-state index is 0.0495. The second-order valence-electron chi connectivity index (χ2n) is 7.38. The molecule has 0 saturated heterocycles. The van der Waals surface area contributed by atoms with Crippen LogP contribution in [-0.4, -0.2) is 79.0 Å². The Bertz CT molecular complexity index is 835. The number of hydrogen-bond donors (Lipinski definition) is 1. The number of rotatable bonds is 9. The lowest BCUT2D eigenvalue weighted by Crippen LogP contribution is -2.41. The molecule has 0 spiro atoms. The number of carbonyl (C=O) groups excluding carboxylic acids is 1. The number of benzene rings is 1. The van der Waals surface area contributed by atoms with Crippen molar-refractivity contribution < 1.29 is 4.79 Å². The number of nitrogens with one attached hydrogen (secondary N) is 1. The van der Waals surface area contributed by atoms with E-state index in [1.54, 1.807) is 20.3 Å². The van der Waals surface area contributed by atoms with Gasteiger partial charge in [0, 0.05) is 54.0 Å². The van der Waals surface area contributed by atoms with Crippen LogP contribution < -0.4 is 10.2 Å². The molecule has 164 valence electrons. The first-order chi connectivity index (χ1) is 14.3. The van der Waals surface area contributed by atoms with Gasteiger partial charge in [-0.1, -0.05) is 29.8 Å². The molecule has 1 heterocycles. The summed E-state index contributed by atoms with van der Waals surface area (Å²) in [5, 5.41) is 3.96. The molecule has 1 aromatic heterocycles. The fraction of sp³-hybridized carbons (Fsp3) is 0.476. The SMILES string of the molecule is CN(C)C(=O)CN=C(NCCCN(C)c1ccccc1)N(C)Cc1ncc(Cl)n1C. The van der Waals surface area contributed by atoms with E-state index in [1.807, 2.05) is 41.8 Å². The van der Waals surface area contributed by atoms with Crippen LogP contribution >= 0.6 is 11.6 Å². The van der Waals surface area contributed by atoms with E-state index in [-0.39, 0.29) is 12.5 Å². The Morgan fingerprint density at radius 1 is 1.20 bits per heavy atom. The van der Waals surface area contributed by atoms with Crippen LogP contribution in [0.2, 0.25) is 5.15 Å². The second kappa shape index (κ2) is 11.4. The van der Waals surface area contributed by atoms with Gasteiger partial charge in [-0.05, 0) is 18.6 Å². The highest BCUT2D eigenvalue weighted by atomic mass is 35.5. The predicted octanol–water partition coefficient (Wildman–Crippen LogP) is 2.07. The molecule has 0 aliphatic rings. The third-order valence-corrected chi connectivity index (χ3v) is 5.13. The first-order valence-corrected chi connectivity index (χ1v) is 10.3. The molecule has 9 heteroatoms. The van der Waals surface area contributed by atoms with Gasteiger partial charge < -0.3 is 24.6 Å². The molecule has 0 bridgehead atoms. The lowest BCUT2D eigenvalue weighted by molar-refractivity contribution is -0.127. The molecule has 1 aromatic carbocycles. The lowest BCUT2D eigenvalue weighted by atomic mass is 10.3. The maximum absolute atomic E-state index is 12.0. The molecule has 30 heavy (non-hydrogen) atoms. The van der Waals surface area contributed by atoms with Gasteiger partial charge >= 0.3 is 0 Å². The summed E-state index contributed by atoms with van der Waals surface area (Å²) >= 11 is 6.09. The molecule has 0 aliphatic heterocycles. The van der Waals surface area contributed by atoms with Gasteiger partial charge in [0.1, 0.15) is 17.5 Å². The monoisotopic (exact) mass is 433 g/mol. The summed E-state index contributed by atoms with van der Waals surface area (Å²) in [6.45, 7) is 2.25. The maximum Gasteiger partial charge on any atom is 0.243 e. The number of amides is 1. The van der Waals surface area contributed by atoms with Crippen LogP contribution in [0.4, 0.5) is 5.69 Å². The van der Waals surface area contributed by atoms with E-state index >= 15 is 0 Å². The standard InChI is InChI=1S/C21H32ClN7O/c1-26(2)20(30)15-25-21(28(4)16-19-24-14-18(22)29(19)5)23-12-9-13-27(3)17-10-7-6-8-11-17/h6-8,10-11,14H,9,12-13,15-16H2,1-5H3,(H,23,25). The minimum Gasteiger partial charge on any atom is -0.375 e. The zero-order valence-corrected chi connectivity index (χ0v) is 19.2. The maximum atomic E-state index is 12.0. The normalized spacial score (nSPS) is 11.3. The topological polar surface area (TPSA) is 69.0 Å². The predicted molar refractivity (Wildman–Crippen MR) is 123 cm³/mol. The van der Waals surface area contributed by atoms with Crippen molar-refractivity contribution in [1.29, 1.82) is 0 Å². The van der Waals surface area contributed by atoms with Crippen molar-refractivity contribution in [3.63, 3.8) is 0 Å².